The third-order valence-electron chi connectivity index (χ3n) is 3.04. The molecule has 0 heterocycles. The minimum Gasteiger partial charge on any atom is -0.508 e. The molecule has 1 N–H and O–H groups in total. The van der Waals surface area contributed by atoms with E-state index in [9.17, 15) is 9.90 Å². The van der Waals surface area contributed by atoms with Crippen LogP contribution in [-0.4, -0.2) is 55.0 Å². The monoisotopic (exact) mass is 276 g/mol. The number of rotatable bonds is 7. The average Bonchev–Trinajstić information content (AvgIpc) is 2.42. The largest absolute Gasteiger partial charge is 0.508 e. The summed E-state index contributed by atoms with van der Waals surface area (Å²) in [6, 6.07) is 6.76. The van der Waals surface area contributed by atoms with Gasteiger partial charge in [0.15, 0.2) is 0 Å². The van der Waals surface area contributed by atoms with Gasteiger partial charge >= 0.3 is 0 Å². The third-order valence-corrected chi connectivity index (χ3v) is 3.04. The van der Waals surface area contributed by atoms with E-state index in [1.807, 2.05) is 7.05 Å². The van der Waals surface area contributed by atoms with Crippen LogP contribution in [0.1, 0.15) is 18.4 Å². The molecule has 1 aromatic carbocycles. The number of hydrogen-bond donors (Lipinski definition) is 1. The number of phenols is 1. The Labute approximate surface area is 121 Å². The van der Waals surface area contributed by atoms with E-state index < -0.39 is 0 Å². The van der Waals surface area contributed by atoms with E-state index in [-0.39, 0.29) is 11.7 Å². The topological polar surface area (TPSA) is 43.8 Å². The number of phenolic OH excluding ortho intramolecular Hbond substituents is 1. The number of carbonyl (C=O) groups is 1. The molecular weight excluding hydrogens is 252 g/mol. The Bertz CT molecular complexity index is 438. The summed E-state index contributed by atoms with van der Waals surface area (Å²) < 4.78 is 0. The van der Waals surface area contributed by atoms with Crippen LogP contribution < -0.4 is 0 Å². The van der Waals surface area contributed by atoms with E-state index in [2.05, 4.69) is 19.0 Å². The molecule has 0 atom stereocenters. The summed E-state index contributed by atoms with van der Waals surface area (Å²) in [5.41, 5.74) is 0.900. The normalized spacial score (nSPS) is 11.2. The van der Waals surface area contributed by atoms with Crippen molar-refractivity contribution in [3.05, 3.63) is 35.9 Å². The fourth-order valence-corrected chi connectivity index (χ4v) is 1.77. The Morgan fingerprint density at radius 3 is 2.30 bits per heavy atom. The molecule has 0 aromatic heterocycles. The van der Waals surface area contributed by atoms with E-state index in [4.69, 9.17) is 0 Å². The first-order valence-corrected chi connectivity index (χ1v) is 6.86. The summed E-state index contributed by atoms with van der Waals surface area (Å²) in [6.45, 7) is 1.82. The third kappa shape index (κ3) is 6.38. The van der Waals surface area contributed by atoms with Crippen LogP contribution in [-0.2, 0) is 4.79 Å². The summed E-state index contributed by atoms with van der Waals surface area (Å²) in [6.07, 6.45) is 5.43. The molecule has 0 bridgehead atoms. The van der Waals surface area contributed by atoms with Crippen molar-refractivity contribution in [1.29, 1.82) is 0 Å². The highest BCUT2D eigenvalue weighted by Gasteiger charge is 2.04. The predicted molar refractivity (Wildman–Crippen MR) is 82.6 cm³/mol. The fourth-order valence-electron chi connectivity index (χ4n) is 1.77. The number of amides is 1. The molecule has 20 heavy (non-hydrogen) atoms. The number of nitrogens with zero attached hydrogens (tertiary/aromatic N) is 2. The number of aromatic hydroxyl groups is 1. The minimum atomic E-state index is 0.00271. The van der Waals surface area contributed by atoms with Gasteiger partial charge in [-0.2, -0.15) is 0 Å². The van der Waals surface area contributed by atoms with E-state index in [0.717, 1.165) is 31.5 Å². The van der Waals surface area contributed by atoms with Gasteiger partial charge in [0.1, 0.15) is 5.75 Å². The van der Waals surface area contributed by atoms with E-state index in [1.165, 1.54) is 0 Å². The van der Waals surface area contributed by atoms with Gasteiger partial charge < -0.3 is 14.9 Å². The second kappa shape index (κ2) is 8.38. The van der Waals surface area contributed by atoms with Gasteiger partial charge in [-0.15, -0.1) is 0 Å². The summed E-state index contributed by atoms with van der Waals surface area (Å²) in [4.78, 5) is 15.8. The highest BCUT2D eigenvalue weighted by atomic mass is 16.3. The molecule has 110 valence electrons. The summed E-state index contributed by atoms with van der Waals surface area (Å²) in [7, 11) is 5.92. The second-order valence-electron chi connectivity index (χ2n) is 5.20. The first kappa shape index (κ1) is 16.2. The highest BCUT2D eigenvalue weighted by Crippen LogP contribution is 2.10. The fraction of sp³-hybridized carbons (Fsp3) is 0.438. The minimum absolute atomic E-state index is 0.00271. The molecule has 0 unspecified atom stereocenters. The molecule has 1 aromatic rings. The standard InChI is InChI=1S/C16H24N2O2/c1-17(2)12-4-5-13-18(3)16(20)11-8-14-6-9-15(19)10-7-14/h6-11,19H,4-5,12-13H2,1-3H3. The molecule has 0 saturated carbocycles. The Morgan fingerprint density at radius 1 is 1.10 bits per heavy atom. The van der Waals surface area contributed by atoms with Crippen molar-refractivity contribution >= 4 is 12.0 Å². The highest BCUT2D eigenvalue weighted by molar-refractivity contribution is 5.91. The molecule has 4 heteroatoms. The molecule has 0 spiro atoms. The molecule has 1 rings (SSSR count). The molecule has 1 amide bonds. The maximum Gasteiger partial charge on any atom is 0.246 e. The van der Waals surface area contributed by atoms with E-state index >= 15 is 0 Å². The smallest absolute Gasteiger partial charge is 0.246 e. The van der Waals surface area contributed by atoms with Crippen LogP contribution >= 0.6 is 0 Å². The summed E-state index contributed by atoms with van der Waals surface area (Å²) in [5.74, 6) is 0.231. The maximum atomic E-state index is 11.9. The lowest BCUT2D eigenvalue weighted by Crippen LogP contribution is -2.26. The molecule has 0 saturated heterocycles. The average molecular weight is 276 g/mol. The Hall–Kier alpha value is -1.81. The van der Waals surface area contributed by atoms with Gasteiger partial charge in [-0.05, 0) is 57.3 Å². The van der Waals surface area contributed by atoms with Crippen molar-refractivity contribution in [1.82, 2.24) is 9.80 Å². The predicted octanol–water partition coefficient (Wildman–Crippen LogP) is 2.21. The van der Waals surface area contributed by atoms with Gasteiger partial charge in [0.2, 0.25) is 5.91 Å². The van der Waals surface area contributed by atoms with Gasteiger partial charge in [-0.3, -0.25) is 4.79 Å². The van der Waals surface area contributed by atoms with Gasteiger partial charge in [0.25, 0.3) is 0 Å². The number of carbonyl (C=O) groups excluding carboxylic acids is 1. The van der Waals surface area contributed by atoms with Crippen LogP contribution in [0.2, 0.25) is 0 Å². The summed E-state index contributed by atoms with van der Waals surface area (Å²) in [5, 5.41) is 9.18. The molecule has 0 radical (unpaired) electrons. The van der Waals surface area contributed by atoms with Gasteiger partial charge in [0.05, 0.1) is 0 Å². The van der Waals surface area contributed by atoms with Crippen molar-refractivity contribution in [3.8, 4) is 5.75 Å². The van der Waals surface area contributed by atoms with Crippen molar-refractivity contribution in [2.45, 2.75) is 12.8 Å². The van der Waals surface area contributed by atoms with E-state index in [1.54, 1.807) is 41.3 Å². The lowest BCUT2D eigenvalue weighted by atomic mass is 10.2. The maximum absolute atomic E-state index is 11.9. The SMILES string of the molecule is CN(C)CCCCN(C)C(=O)C=Cc1ccc(O)cc1. The molecule has 0 aliphatic rings. The first-order valence-electron chi connectivity index (χ1n) is 6.86. The van der Waals surface area contributed by atoms with Gasteiger partial charge in [-0.1, -0.05) is 12.1 Å². The van der Waals surface area contributed by atoms with Crippen molar-refractivity contribution < 1.29 is 9.90 Å². The molecule has 4 nitrogen and oxygen atoms in total. The molecular formula is C16H24N2O2. The zero-order valence-electron chi connectivity index (χ0n) is 12.5. The number of likely N-dealkylation sites (N-methyl/N-ethyl adjacent to an activating group) is 1. The Morgan fingerprint density at radius 2 is 1.70 bits per heavy atom. The molecule has 0 fully saturated rings. The van der Waals surface area contributed by atoms with E-state index in [0.29, 0.717) is 0 Å². The van der Waals surface area contributed by atoms with Crippen molar-refractivity contribution in [2.75, 3.05) is 34.2 Å². The zero-order chi connectivity index (χ0) is 15.0. The number of hydrogen-bond acceptors (Lipinski definition) is 3. The Balaban J connectivity index is 2.35. The molecule has 0 aliphatic heterocycles. The quantitative estimate of drug-likeness (QED) is 0.613. The lowest BCUT2D eigenvalue weighted by molar-refractivity contribution is -0.124. The van der Waals surface area contributed by atoms with Crippen molar-refractivity contribution in [3.63, 3.8) is 0 Å². The van der Waals surface area contributed by atoms with Crippen molar-refractivity contribution in [2.24, 2.45) is 0 Å². The summed E-state index contributed by atoms with van der Waals surface area (Å²) >= 11 is 0. The van der Waals surface area contributed by atoms with Crippen LogP contribution in [0.3, 0.4) is 0 Å². The van der Waals surface area contributed by atoms with Crippen LogP contribution in [0, 0.1) is 0 Å². The number of benzene rings is 1. The lowest BCUT2D eigenvalue weighted by Gasteiger charge is -2.16. The van der Waals surface area contributed by atoms with Crippen LogP contribution in [0.25, 0.3) is 6.08 Å². The second-order valence-corrected chi connectivity index (χ2v) is 5.20. The van der Waals surface area contributed by atoms with Gasteiger partial charge in [-0.25, -0.2) is 0 Å². The molecule has 0 aliphatic carbocycles. The van der Waals surface area contributed by atoms with Gasteiger partial charge in [0, 0.05) is 19.7 Å². The Kier molecular flexibility index (Phi) is 6.81. The van der Waals surface area contributed by atoms with Crippen LogP contribution in [0.5, 0.6) is 5.75 Å². The zero-order valence-corrected chi connectivity index (χ0v) is 12.5. The van der Waals surface area contributed by atoms with Crippen LogP contribution in [0.4, 0.5) is 0 Å². The van der Waals surface area contributed by atoms with Crippen LogP contribution in [0.15, 0.2) is 30.3 Å². The first-order chi connectivity index (χ1) is 9.49. The number of unbranched alkanes of at least 4 members (excludes halogenated alkanes) is 1.